The lowest BCUT2D eigenvalue weighted by molar-refractivity contribution is 0.572. The molecule has 5 heteroatoms. The van der Waals surface area contributed by atoms with Crippen molar-refractivity contribution in [3.63, 3.8) is 0 Å². The van der Waals surface area contributed by atoms with Gasteiger partial charge in [0.05, 0.1) is 23.4 Å². The van der Waals surface area contributed by atoms with Crippen LogP contribution in [-0.2, 0) is 6.54 Å². The third-order valence-corrected chi connectivity index (χ3v) is 4.43. The standard InChI is InChI=1S/C20H19N3O2/c1-13-3-6-18-17(9-13)20(24)23(8-2-7-21)19(22-18)14-4-5-15-11-25-12-16(15)10-14/h3-6,9-12H,2,7-8,21H2,1H3. The smallest absolute Gasteiger partial charge is 0.261 e. The first-order chi connectivity index (χ1) is 12.2. The summed E-state index contributed by atoms with van der Waals surface area (Å²) in [6.07, 6.45) is 4.13. The molecule has 0 aliphatic carbocycles. The Labute approximate surface area is 144 Å². The van der Waals surface area contributed by atoms with E-state index >= 15 is 0 Å². The monoisotopic (exact) mass is 333 g/mol. The number of benzene rings is 2. The molecule has 0 saturated heterocycles. The number of furan rings is 1. The molecular weight excluding hydrogens is 314 g/mol. The summed E-state index contributed by atoms with van der Waals surface area (Å²) in [6.45, 7) is 3.05. The van der Waals surface area contributed by atoms with Gasteiger partial charge in [-0.25, -0.2) is 4.98 Å². The number of nitrogens with two attached hydrogens (primary N) is 1. The van der Waals surface area contributed by atoms with E-state index in [9.17, 15) is 4.79 Å². The lowest BCUT2D eigenvalue weighted by atomic mass is 10.1. The van der Waals surface area contributed by atoms with E-state index in [-0.39, 0.29) is 5.56 Å². The van der Waals surface area contributed by atoms with Crippen molar-refractivity contribution in [2.75, 3.05) is 6.54 Å². The van der Waals surface area contributed by atoms with Crippen LogP contribution in [0.1, 0.15) is 12.0 Å². The molecule has 2 heterocycles. The second-order valence-corrected chi connectivity index (χ2v) is 6.27. The minimum absolute atomic E-state index is 0.0237. The lowest BCUT2D eigenvalue weighted by Gasteiger charge is -2.14. The molecular formula is C20H19N3O2. The average Bonchev–Trinajstić information content (AvgIpc) is 3.09. The Morgan fingerprint density at radius 1 is 1.12 bits per heavy atom. The van der Waals surface area contributed by atoms with Crippen molar-refractivity contribution in [2.45, 2.75) is 19.9 Å². The predicted octanol–water partition coefficient (Wildman–Crippen LogP) is 3.47. The van der Waals surface area contributed by atoms with Crippen LogP contribution in [0.3, 0.4) is 0 Å². The molecule has 0 bridgehead atoms. The van der Waals surface area contributed by atoms with Gasteiger partial charge in [-0.15, -0.1) is 0 Å². The Morgan fingerprint density at radius 2 is 1.96 bits per heavy atom. The van der Waals surface area contributed by atoms with E-state index < -0.39 is 0 Å². The molecule has 0 aliphatic rings. The van der Waals surface area contributed by atoms with Crippen molar-refractivity contribution in [2.24, 2.45) is 5.73 Å². The van der Waals surface area contributed by atoms with E-state index in [0.717, 1.165) is 28.3 Å². The summed E-state index contributed by atoms with van der Waals surface area (Å²) in [5.74, 6) is 0.665. The van der Waals surface area contributed by atoms with Gasteiger partial charge in [-0.3, -0.25) is 9.36 Å². The lowest BCUT2D eigenvalue weighted by Crippen LogP contribution is -2.24. The van der Waals surface area contributed by atoms with E-state index in [1.54, 1.807) is 17.1 Å². The molecule has 0 saturated carbocycles. The van der Waals surface area contributed by atoms with E-state index in [1.165, 1.54) is 0 Å². The van der Waals surface area contributed by atoms with Gasteiger partial charge in [-0.05, 0) is 38.1 Å². The summed E-state index contributed by atoms with van der Waals surface area (Å²) in [5.41, 5.74) is 8.29. The van der Waals surface area contributed by atoms with E-state index in [4.69, 9.17) is 15.1 Å². The summed E-state index contributed by atoms with van der Waals surface area (Å²) in [6, 6.07) is 11.7. The summed E-state index contributed by atoms with van der Waals surface area (Å²) in [5, 5.41) is 2.65. The molecule has 25 heavy (non-hydrogen) atoms. The highest BCUT2D eigenvalue weighted by Crippen LogP contribution is 2.25. The third kappa shape index (κ3) is 2.72. The number of nitrogens with zero attached hydrogens (tertiary/aromatic N) is 2. The topological polar surface area (TPSA) is 74.1 Å². The van der Waals surface area contributed by atoms with Gasteiger partial charge in [0.15, 0.2) is 0 Å². The fourth-order valence-corrected chi connectivity index (χ4v) is 3.12. The first-order valence-corrected chi connectivity index (χ1v) is 8.35. The largest absolute Gasteiger partial charge is 0.471 e. The van der Waals surface area contributed by atoms with Crippen LogP contribution < -0.4 is 11.3 Å². The van der Waals surface area contributed by atoms with Gasteiger partial charge in [0, 0.05) is 22.9 Å². The van der Waals surface area contributed by atoms with Crippen LogP contribution in [0, 0.1) is 6.92 Å². The average molecular weight is 333 g/mol. The van der Waals surface area contributed by atoms with Gasteiger partial charge in [0.1, 0.15) is 5.82 Å². The summed E-state index contributed by atoms with van der Waals surface area (Å²) in [4.78, 5) is 17.8. The summed E-state index contributed by atoms with van der Waals surface area (Å²) < 4.78 is 6.98. The molecule has 2 N–H and O–H groups in total. The van der Waals surface area contributed by atoms with Gasteiger partial charge in [-0.1, -0.05) is 23.8 Å². The van der Waals surface area contributed by atoms with Crippen LogP contribution in [0.5, 0.6) is 0 Å². The summed E-state index contributed by atoms with van der Waals surface area (Å²) in [7, 11) is 0. The van der Waals surface area contributed by atoms with Crippen LogP contribution in [0.2, 0.25) is 0 Å². The Hall–Kier alpha value is -2.92. The molecule has 126 valence electrons. The second-order valence-electron chi connectivity index (χ2n) is 6.27. The molecule has 0 radical (unpaired) electrons. The first-order valence-electron chi connectivity index (χ1n) is 8.35. The fraction of sp³-hybridized carbons (Fsp3) is 0.200. The zero-order valence-electron chi connectivity index (χ0n) is 14.0. The number of hydrogen-bond acceptors (Lipinski definition) is 4. The molecule has 0 aliphatic heterocycles. The Bertz CT molecular complexity index is 1120. The van der Waals surface area contributed by atoms with Crippen LogP contribution in [0.25, 0.3) is 33.1 Å². The molecule has 0 atom stereocenters. The number of aryl methyl sites for hydroxylation is 1. The highest BCUT2D eigenvalue weighted by atomic mass is 16.3. The molecule has 0 amide bonds. The van der Waals surface area contributed by atoms with Crippen LogP contribution in [-0.4, -0.2) is 16.1 Å². The maximum Gasteiger partial charge on any atom is 0.261 e. The van der Waals surface area contributed by atoms with Crippen molar-refractivity contribution in [1.29, 1.82) is 0 Å². The van der Waals surface area contributed by atoms with Crippen molar-refractivity contribution >= 4 is 21.7 Å². The normalized spacial score (nSPS) is 11.4. The zero-order chi connectivity index (χ0) is 17.4. The van der Waals surface area contributed by atoms with Crippen molar-refractivity contribution in [1.82, 2.24) is 9.55 Å². The number of fused-ring (bicyclic) bond motifs is 2. The molecule has 2 aromatic heterocycles. The predicted molar refractivity (Wildman–Crippen MR) is 99.6 cm³/mol. The highest BCUT2D eigenvalue weighted by Gasteiger charge is 2.13. The molecule has 5 nitrogen and oxygen atoms in total. The van der Waals surface area contributed by atoms with Gasteiger partial charge in [0.25, 0.3) is 5.56 Å². The second kappa shape index (κ2) is 6.18. The fourth-order valence-electron chi connectivity index (χ4n) is 3.12. The molecule has 4 aromatic rings. The van der Waals surface area contributed by atoms with Crippen molar-refractivity contribution in [3.8, 4) is 11.4 Å². The van der Waals surface area contributed by atoms with Gasteiger partial charge in [-0.2, -0.15) is 0 Å². The zero-order valence-corrected chi connectivity index (χ0v) is 14.0. The number of rotatable bonds is 4. The van der Waals surface area contributed by atoms with Gasteiger partial charge in [0.2, 0.25) is 0 Å². The quantitative estimate of drug-likeness (QED) is 0.620. The van der Waals surface area contributed by atoms with E-state index in [1.807, 2.05) is 43.3 Å². The molecule has 0 spiro atoms. The number of aromatic nitrogens is 2. The maximum atomic E-state index is 13.1. The van der Waals surface area contributed by atoms with Crippen LogP contribution in [0.15, 0.2) is 58.1 Å². The highest BCUT2D eigenvalue weighted by molar-refractivity contribution is 5.86. The van der Waals surface area contributed by atoms with E-state index in [2.05, 4.69) is 0 Å². The Morgan fingerprint density at radius 3 is 2.80 bits per heavy atom. The molecule has 4 rings (SSSR count). The SMILES string of the molecule is Cc1ccc2nc(-c3ccc4cocc4c3)n(CCCN)c(=O)c2c1. The minimum Gasteiger partial charge on any atom is -0.471 e. The third-order valence-electron chi connectivity index (χ3n) is 4.43. The Kier molecular flexibility index (Phi) is 3.86. The first kappa shape index (κ1) is 15.6. The maximum absolute atomic E-state index is 13.1. The molecule has 0 fully saturated rings. The van der Waals surface area contributed by atoms with Gasteiger partial charge >= 0.3 is 0 Å². The van der Waals surface area contributed by atoms with Crippen molar-refractivity contribution in [3.05, 3.63) is 64.8 Å². The minimum atomic E-state index is -0.0237. The van der Waals surface area contributed by atoms with E-state index in [0.29, 0.717) is 29.8 Å². The van der Waals surface area contributed by atoms with Gasteiger partial charge < -0.3 is 10.2 Å². The summed E-state index contributed by atoms with van der Waals surface area (Å²) >= 11 is 0. The van der Waals surface area contributed by atoms with Crippen LogP contribution in [0.4, 0.5) is 0 Å². The van der Waals surface area contributed by atoms with Crippen LogP contribution >= 0.6 is 0 Å². The number of hydrogen-bond donors (Lipinski definition) is 1. The molecule has 2 aromatic carbocycles. The molecule has 0 unspecified atom stereocenters. The Balaban J connectivity index is 1.99. The van der Waals surface area contributed by atoms with Crippen molar-refractivity contribution < 1.29 is 4.42 Å².